The first kappa shape index (κ1) is 37.4. The van der Waals surface area contributed by atoms with E-state index in [1.165, 1.54) is 11.3 Å². The van der Waals surface area contributed by atoms with Crippen LogP contribution in [0.4, 0.5) is 0 Å². The van der Waals surface area contributed by atoms with Crippen LogP contribution in [0.2, 0.25) is 0 Å². The van der Waals surface area contributed by atoms with E-state index in [9.17, 15) is 22.8 Å². The average Bonchev–Trinajstić information content (AvgIpc) is 3.97. The summed E-state index contributed by atoms with van der Waals surface area (Å²) < 4.78 is 34.6. The van der Waals surface area contributed by atoms with E-state index in [4.69, 9.17) is 14.7 Å². The second-order valence-electron chi connectivity index (χ2n) is 16.2. The Balaban J connectivity index is 1.20. The van der Waals surface area contributed by atoms with Crippen molar-refractivity contribution in [1.82, 2.24) is 30.2 Å². The van der Waals surface area contributed by atoms with Crippen molar-refractivity contribution < 1.29 is 27.5 Å². The molecule has 2 aromatic heterocycles. The zero-order valence-corrected chi connectivity index (χ0v) is 32.3. The number of benzene rings is 1. The highest BCUT2D eigenvalue weighted by Gasteiger charge is 2.62. The van der Waals surface area contributed by atoms with Crippen LogP contribution >= 0.6 is 11.3 Å². The van der Waals surface area contributed by atoms with E-state index < -0.39 is 50.8 Å². The van der Waals surface area contributed by atoms with E-state index >= 15 is 0 Å². The topological polar surface area (TPSA) is 160 Å². The lowest BCUT2D eigenvalue weighted by atomic mass is 9.92. The largest absolute Gasteiger partial charge is 0.471 e. The van der Waals surface area contributed by atoms with Crippen molar-refractivity contribution in [2.75, 3.05) is 13.1 Å². The zero-order valence-electron chi connectivity index (χ0n) is 30.7. The number of nitrogens with zero attached hydrogens (tertiary/aromatic N) is 3. The number of aromatic nitrogens is 2. The maximum atomic E-state index is 14.6. The van der Waals surface area contributed by atoms with Crippen molar-refractivity contribution in [3.8, 4) is 16.5 Å². The Hall–Kier alpha value is -3.88. The molecule has 1 aromatic carbocycles. The molecule has 3 N–H and O–H groups in total. The van der Waals surface area contributed by atoms with Crippen molar-refractivity contribution in [3.05, 3.63) is 53.9 Å². The summed E-state index contributed by atoms with van der Waals surface area (Å²) in [6.45, 7) is 7.26. The van der Waals surface area contributed by atoms with Crippen LogP contribution in [-0.4, -0.2) is 83.1 Å². The van der Waals surface area contributed by atoms with Crippen LogP contribution in [0, 0.1) is 11.3 Å². The van der Waals surface area contributed by atoms with Gasteiger partial charge in [-0.15, -0.1) is 11.3 Å². The number of nitrogens with one attached hydrogen (secondary N) is 3. The fraction of sp³-hybridized carbons (Fsp3) is 0.564. The van der Waals surface area contributed by atoms with E-state index in [0.717, 1.165) is 42.5 Å². The van der Waals surface area contributed by atoms with E-state index in [1.807, 2.05) is 53.9 Å². The first-order valence-electron chi connectivity index (χ1n) is 18.9. The molecule has 284 valence electrons. The summed E-state index contributed by atoms with van der Waals surface area (Å²) in [5, 5.41) is 7.85. The summed E-state index contributed by atoms with van der Waals surface area (Å²) in [6, 6.07) is 9.97. The van der Waals surface area contributed by atoms with Gasteiger partial charge in [-0.25, -0.2) is 18.4 Å². The molecule has 2 aliphatic heterocycles. The Morgan fingerprint density at radius 1 is 1.06 bits per heavy atom. The smallest absolute Gasteiger partial charge is 0.259 e. The molecule has 12 nitrogen and oxygen atoms in total. The van der Waals surface area contributed by atoms with Crippen LogP contribution in [0.3, 0.4) is 0 Å². The van der Waals surface area contributed by atoms with Crippen molar-refractivity contribution in [2.24, 2.45) is 11.3 Å². The summed E-state index contributed by atoms with van der Waals surface area (Å²) in [5.74, 6) is -1.47. The molecular formula is C39H50N6O6S2. The molecular weight excluding hydrogens is 713 g/mol. The SMILES string of the molecule is CC(C)(C)CCN[C@H]1CCCCC/C=C\[C@@H]2C[C@@]2(C(=O)NS(=O)(=O)C2CC2)NC(=O)[C@@H]2C[C@@H](Oc3nc4ccccc4nc3-c3cccs3)CN2C1=O. The second-order valence-corrected chi connectivity index (χ2v) is 19.1. The normalized spacial score (nSPS) is 27.6. The third-order valence-corrected chi connectivity index (χ3v) is 13.4. The van der Waals surface area contributed by atoms with Gasteiger partial charge in [0, 0.05) is 12.3 Å². The average molecular weight is 763 g/mol. The number of thiophene rings is 1. The van der Waals surface area contributed by atoms with Crippen molar-refractivity contribution >= 4 is 50.1 Å². The van der Waals surface area contributed by atoms with Crippen LogP contribution in [0.5, 0.6) is 5.88 Å². The van der Waals surface area contributed by atoms with Gasteiger partial charge in [0.05, 0.1) is 33.7 Å². The lowest BCUT2D eigenvalue weighted by Crippen LogP contribution is -2.58. The van der Waals surface area contributed by atoms with Crippen LogP contribution in [0.25, 0.3) is 21.6 Å². The molecule has 3 aromatic rings. The van der Waals surface area contributed by atoms with Gasteiger partial charge < -0.3 is 20.3 Å². The Bertz CT molecular complexity index is 1970. The van der Waals surface area contributed by atoms with Crippen LogP contribution < -0.4 is 20.1 Å². The number of allylic oxidation sites excluding steroid dienone is 1. The number of ether oxygens (including phenoxy) is 1. The molecule has 0 spiro atoms. The van der Waals surface area contributed by atoms with Gasteiger partial charge in [-0.05, 0) is 80.5 Å². The molecule has 3 fully saturated rings. The molecule has 7 rings (SSSR count). The molecule has 0 radical (unpaired) electrons. The second kappa shape index (κ2) is 15.1. The van der Waals surface area contributed by atoms with Crippen molar-refractivity contribution in [3.63, 3.8) is 0 Å². The number of carbonyl (C=O) groups excluding carboxylic acids is 3. The van der Waals surface area contributed by atoms with Gasteiger partial charge in [0.25, 0.3) is 5.91 Å². The number of hydrogen-bond acceptors (Lipinski definition) is 10. The zero-order chi connectivity index (χ0) is 37.4. The lowest BCUT2D eigenvalue weighted by Gasteiger charge is -2.30. The molecule has 1 saturated heterocycles. The summed E-state index contributed by atoms with van der Waals surface area (Å²) >= 11 is 1.52. The minimum Gasteiger partial charge on any atom is -0.471 e. The first-order chi connectivity index (χ1) is 25.3. The number of sulfonamides is 1. The summed E-state index contributed by atoms with van der Waals surface area (Å²) in [6.07, 6.45) is 9.73. The maximum absolute atomic E-state index is 14.6. The van der Waals surface area contributed by atoms with E-state index in [2.05, 4.69) is 36.1 Å². The number of amides is 3. The molecule has 2 aliphatic carbocycles. The summed E-state index contributed by atoms with van der Waals surface area (Å²) in [7, 11) is -3.85. The predicted molar refractivity (Wildman–Crippen MR) is 205 cm³/mol. The summed E-state index contributed by atoms with van der Waals surface area (Å²) in [4.78, 5) is 55.0. The van der Waals surface area contributed by atoms with Gasteiger partial charge in [-0.2, -0.15) is 0 Å². The van der Waals surface area contributed by atoms with Gasteiger partial charge in [-0.1, -0.05) is 64.0 Å². The molecule has 4 heterocycles. The maximum Gasteiger partial charge on any atom is 0.259 e. The van der Waals surface area contributed by atoms with Crippen molar-refractivity contribution in [2.45, 2.75) is 114 Å². The number of para-hydroxylation sites is 2. The van der Waals surface area contributed by atoms with E-state index in [0.29, 0.717) is 42.9 Å². The number of hydrogen-bond donors (Lipinski definition) is 3. The fourth-order valence-electron chi connectivity index (χ4n) is 7.32. The highest BCUT2D eigenvalue weighted by molar-refractivity contribution is 7.91. The molecule has 5 atom stereocenters. The highest BCUT2D eigenvalue weighted by Crippen LogP contribution is 2.46. The molecule has 53 heavy (non-hydrogen) atoms. The minimum atomic E-state index is -3.85. The number of fused-ring (bicyclic) bond motifs is 3. The van der Waals surface area contributed by atoms with E-state index in [-0.39, 0.29) is 36.6 Å². The predicted octanol–water partition coefficient (Wildman–Crippen LogP) is 5.10. The van der Waals surface area contributed by atoms with Gasteiger partial charge >= 0.3 is 0 Å². The lowest BCUT2D eigenvalue weighted by molar-refractivity contribution is -0.141. The van der Waals surface area contributed by atoms with Crippen molar-refractivity contribution in [1.29, 1.82) is 0 Å². The van der Waals surface area contributed by atoms with Crippen LogP contribution in [-0.2, 0) is 24.4 Å². The minimum absolute atomic E-state index is 0.0705. The Morgan fingerprint density at radius 2 is 1.83 bits per heavy atom. The molecule has 2 saturated carbocycles. The van der Waals surface area contributed by atoms with E-state index in [1.54, 1.807) is 4.90 Å². The van der Waals surface area contributed by atoms with Gasteiger partial charge in [0.2, 0.25) is 27.7 Å². The Kier molecular flexibility index (Phi) is 10.7. The molecule has 0 unspecified atom stereocenters. The monoisotopic (exact) mass is 762 g/mol. The van der Waals surface area contributed by atoms with Crippen LogP contribution in [0.1, 0.15) is 85.0 Å². The van der Waals surface area contributed by atoms with Gasteiger partial charge in [-0.3, -0.25) is 19.1 Å². The van der Waals surface area contributed by atoms with Gasteiger partial charge in [0.1, 0.15) is 23.4 Å². The first-order valence-corrected chi connectivity index (χ1v) is 21.3. The molecule has 14 heteroatoms. The fourth-order valence-corrected chi connectivity index (χ4v) is 9.39. The van der Waals surface area contributed by atoms with Gasteiger partial charge in [0.15, 0.2) is 0 Å². The Labute approximate surface area is 315 Å². The third-order valence-electron chi connectivity index (χ3n) is 10.7. The number of rotatable bonds is 9. The molecule has 0 bridgehead atoms. The van der Waals surface area contributed by atoms with Crippen LogP contribution in [0.15, 0.2) is 53.9 Å². The summed E-state index contributed by atoms with van der Waals surface area (Å²) in [5.41, 5.74) is 0.613. The third kappa shape index (κ3) is 8.60. The Morgan fingerprint density at radius 3 is 2.55 bits per heavy atom. The highest BCUT2D eigenvalue weighted by atomic mass is 32.2. The quantitative estimate of drug-likeness (QED) is 0.252. The number of carbonyl (C=O) groups is 3. The standard InChI is InChI=1S/C39H50N6O6S2/c1-38(2,3)19-20-40-30-15-8-6-4-5-7-12-25-23-39(25,37(48)44-53(49,50)27-17-18-27)43-34(46)31-22-26(24-45(31)36(30)47)51-35-33(32-16-11-21-52-32)41-28-13-9-10-14-29(28)42-35/h7,9-14,16,21,25-27,30-31,40H,4-6,8,15,17-20,22-24H2,1-3H3,(H,43,46)(H,44,48)/b12-7-/t25-,26-,30+,31+,39-/m1/s1. The molecule has 4 aliphatic rings. The molecule has 3 amide bonds.